The summed E-state index contributed by atoms with van der Waals surface area (Å²) in [5, 5.41) is 4.96. The first kappa shape index (κ1) is 24.4. The lowest BCUT2D eigenvalue weighted by atomic mass is 10.00. The van der Waals surface area contributed by atoms with Crippen LogP contribution in [0.15, 0.2) is 55.0 Å². The van der Waals surface area contributed by atoms with Gasteiger partial charge in [0.2, 0.25) is 0 Å². The van der Waals surface area contributed by atoms with Gasteiger partial charge in [-0.05, 0) is 50.8 Å². The number of aromatic nitrogens is 3. The molecule has 0 unspecified atom stereocenters. The van der Waals surface area contributed by atoms with Gasteiger partial charge in [-0.1, -0.05) is 30.3 Å². The molecular weight excluding hydrogens is 444 g/mol. The molecule has 0 bridgehead atoms. The minimum Gasteiger partial charge on any atom is -0.465 e. The SMILES string of the molecule is COC(=O)c1ccncc1Cc1nn(C2CCN(C(=O)OC(C)(C)C)CC2)cc1-c1ccccc1. The van der Waals surface area contributed by atoms with Crippen molar-refractivity contribution in [1.29, 1.82) is 0 Å². The number of hydrogen-bond acceptors (Lipinski definition) is 6. The minimum atomic E-state index is -0.509. The number of nitrogens with zero attached hydrogens (tertiary/aromatic N) is 4. The van der Waals surface area contributed by atoms with Crippen LogP contribution in [0.4, 0.5) is 4.79 Å². The molecule has 0 aliphatic carbocycles. The summed E-state index contributed by atoms with van der Waals surface area (Å²) >= 11 is 0. The van der Waals surface area contributed by atoms with Gasteiger partial charge in [0.15, 0.2) is 0 Å². The number of carbonyl (C=O) groups excluding carboxylic acids is 2. The summed E-state index contributed by atoms with van der Waals surface area (Å²) in [5.74, 6) is -0.391. The predicted octanol–water partition coefficient (Wildman–Crippen LogP) is 4.89. The Morgan fingerprint density at radius 1 is 1.09 bits per heavy atom. The van der Waals surface area contributed by atoms with Crippen molar-refractivity contribution in [3.8, 4) is 11.1 Å². The molecule has 4 rings (SSSR count). The Morgan fingerprint density at radius 3 is 2.46 bits per heavy atom. The lowest BCUT2D eigenvalue weighted by molar-refractivity contribution is 0.0184. The Balaban J connectivity index is 1.58. The van der Waals surface area contributed by atoms with E-state index >= 15 is 0 Å². The molecule has 35 heavy (non-hydrogen) atoms. The number of methoxy groups -OCH3 is 1. The molecule has 8 heteroatoms. The van der Waals surface area contributed by atoms with Gasteiger partial charge in [0.05, 0.1) is 24.4 Å². The van der Waals surface area contributed by atoms with Gasteiger partial charge in [-0.2, -0.15) is 5.10 Å². The Hall–Kier alpha value is -3.68. The highest BCUT2D eigenvalue weighted by molar-refractivity contribution is 5.91. The number of esters is 1. The number of pyridine rings is 1. The quantitative estimate of drug-likeness (QED) is 0.487. The van der Waals surface area contributed by atoms with E-state index in [1.165, 1.54) is 7.11 Å². The molecule has 1 aromatic carbocycles. The van der Waals surface area contributed by atoms with Crippen LogP contribution in [0.5, 0.6) is 0 Å². The highest BCUT2D eigenvalue weighted by Gasteiger charge is 2.28. The van der Waals surface area contributed by atoms with E-state index in [4.69, 9.17) is 14.6 Å². The van der Waals surface area contributed by atoms with Crippen molar-refractivity contribution < 1.29 is 19.1 Å². The summed E-state index contributed by atoms with van der Waals surface area (Å²) in [5.41, 5.74) is 3.68. The third kappa shape index (κ3) is 5.88. The second-order valence-electron chi connectivity index (χ2n) is 9.74. The smallest absolute Gasteiger partial charge is 0.410 e. The maximum absolute atomic E-state index is 12.5. The lowest BCUT2D eigenvalue weighted by Crippen LogP contribution is -2.42. The Bertz CT molecular complexity index is 1180. The van der Waals surface area contributed by atoms with Gasteiger partial charge in [-0.25, -0.2) is 9.59 Å². The highest BCUT2D eigenvalue weighted by atomic mass is 16.6. The van der Waals surface area contributed by atoms with Crippen LogP contribution in [-0.2, 0) is 15.9 Å². The zero-order valence-corrected chi connectivity index (χ0v) is 20.7. The number of benzene rings is 1. The number of ether oxygens (including phenoxy) is 2. The fourth-order valence-corrected chi connectivity index (χ4v) is 4.30. The summed E-state index contributed by atoms with van der Waals surface area (Å²) in [7, 11) is 1.38. The van der Waals surface area contributed by atoms with Crippen molar-refractivity contribution in [2.24, 2.45) is 0 Å². The standard InChI is InChI=1S/C27H32N4O4/c1-27(2,3)35-26(33)30-14-11-21(12-15-30)31-18-23(19-8-6-5-7-9-19)24(29-31)16-20-17-28-13-10-22(20)25(32)34-4/h5-10,13,17-18,21H,11-12,14-16H2,1-4H3. The molecule has 0 saturated carbocycles. The van der Waals surface area contributed by atoms with E-state index in [1.807, 2.05) is 43.7 Å². The van der Waals surface area contributed by atoms with Gasteiger partial charge < -0.3 is 14.4 Å². The average Bonchev–Trinajstić information content (AvgIpc) is 3.27. The number of likely N-dealkylation sites (tertiary alicyclic amines) is 1. The van der Waals surface area contributed by atoms with Crippen LogP contribution in [0.3, 0.4) is 0 Å². The maximum Gasteiger partial charge on any atom is 0.410 e. The fourth-order valence-electron chi connectivity index (χ4n) is 4.30. The molecule has 3 heterocycles. The minimum absolute atomic E-state index is 0.166. The second kappa shape index (κ2) is 10.3. The number of amides is 1. The molecular formula is C27H32N4O4. The van der Waals surface area contributed by atoms with E-state index in [1.54, 1.807) is 23.4 Å². The molecule has 1 fully saturated rings. The monoisotopic (exact) mass is 476 g/mol. The van der Waals surface area contributed by atoms with Crippen molar-refractivity contribution in [3.05, 3.63) is 71.8 Å². The molecule has 2 aromatic heterocycles. The first-order valence-electron chi connectivity index (χ1n) is 11.9. The topological polar surface area (TPSA) is 86.5 Å². The van der Waals surface area contributed by atoms with Gasteiger partial charge >= 0.3 is 12.1 Å². The summed E-state index contributed by atoms with van der Waals surface area (Å²) in [6.07, 6.45) is 7.11. The van der Waals surface area contributed by atoms with Crippen LogP contribution < -0.4 is 0 Å². The molecule has 1 saturated heterocycles. The van der Waals surface area contributed by atoms with Crippen LogP contribution in [0, 0.1) is 0 Å². The van der Waals surface area contributed by atoms with E-state index in [2.05, 4.69) is 23.3 Å². The van der Waals surface area contributed by atoms with Gasteiger partial charge in [-0.15, -0.1) is 0 Å². The van der Waals surface area contributed by atoms with Crippen LogP contribution >= 0.6 is 0 Å². The van der Waals surface area contributed by atoms with E-state index in [-0.39, 0.29) is 12.1 Å². The lowest BCUT2D eigenvalue weighted by Gasteiger charge is -2.33. The molecule has 1 aliphatic rings. The maximum atomic E-state index is 12.5. The van der Waals surface area contributed by atoms with Crippen LogP contribution in [0.25, 0.3) is 11.1 Å². The highest BCUT2D eigenvalue weighted by Crippen LogP contribution is 2.30. The number of rotatable bonds is 5. The van der Waals surface area contributed by atoms with Crippen molar-refractivity contribution in [2.45, 2.75) is 51.7 Å². The van der Waals surface area contributed by atoms with Gasteiger partial charge in [0.1, 0.15) is 5.60 Å². The first-order chi connectivity index (χ1) is 16.7. The second-order valence-corrected chi connectivity index (χ2v) is 9.74. The van der Waals surface area contributed by atoms with E-state index in [0.29, 0.717) is 25.1 Å². The largest absolute Gasteiger partial charge is 0.465 e. The van der Waals surface area contributed by atoms with E-state index in [9.17, 15) is 9.59 Å². The van der Waals surface area contributed by atoms with Gasteiger partial charge in [0, 0.05) is 43.7 Å². The third-order valence-corrected chi connectivity index (χ3v) is 6.05. The average molecular weight is 477 g/mol. The first-order valence-corrected chi connectivity index (χ1v) is 11.9. The summed E-state index contributed by atoms with van der Waals surface area (Å²) in [6.45, 7) is 6.86. The molecule has 0 radical (unpaired) electrons. The van der Waals surface area contributed by atoms with Crippen molar-refractivity contribution in [3.63, 3.8) is 0 Å². The Kier molecular flexibility index (Phi) is 7.19. The van der Waals surface area contributed by atoms with E-state index < -0.39 is 11.6 Å². The molecule has 3 aromatic rings. The number of hydrogen-bond donors (Lipinski definition) is 0. The number of piperidine rings is 1. The molecule has 0 atom stereocenters. The Labute approximate surface area is 205 Å². The van der Waals surface area contributed by atoms with Crippen LogP contribution in [-0.4, -0.2) is 57.5 Å². The zero-order chi connectivity index (χ0) is 25.0. The summed E-state index contributed by atoms with van der Waals surface area (Å²) < 4.78 is 12.5. The summed E-state index contributed by atoms with van der Waals surface area (Å²) in [6, 6.07) is 11.9. The third-order valence-electron chi connectivity index (χ3n) is 6.05. The van der Waals surface area contributed by atoms with Crippen molar-refractivity contribution in [2.75, 3.05) is 20.2 Å². The fraction of sp³-hybridized carbons (Fsp3) is 0.407. The van der Waals surface area contributed by atoms with E-state index in [0.717, 1.165) is 35.2 Å². The van der Waals surface area contributed by atoms with Crippen molar-refractivity contribution in [1.82, 2.24) is 19.7 Å². The van der Waals surface area contributed by atoms with Gasteiger partial charge in [0.25, 0.3) is 0 Å². The Morgan fingerprint density at radius 2 is 1.80 bits per heavy atom. The molecule has 0 spiro atoms. The van der Waals surface area contributed by atoms with Crippen LogP contribution in [0.2, 0.25) is 0 Å². The molecule has 8 nitrogen and oxygen atoms in total. The van der Waals surface area contributed by atoms with Crippen LogP contribution in [0.1, 0.15) is 61.3 Å². The number of carbonyl (C=O) groups is 2. The molecule has 1 amide bonds. The molecule has 184 valence electrons. The molecule has 0 N–H and O–H groups in total. The normalized spacial score (nSPS) is 14.6. The predicted molar refractivity (Wildman–Crippen MR) is 132 cm³/mol. The van der Waals surface area contributed by atoms with Gasteiger partial charge in [-0.3, -0.25) is 9.67 Å². The summed E-state index contributed by atoms with van der Waals surface area (Å²) in [4.78, 5) is 30.7. The zero-order valence-electron chi connectivity index (χ0n) is 20.7. The van der Waals surface area contributed by atoms with Crippen molar-refractivity contribution >= 4 is 12.1 Å². The molecule has 1 aliphatic heterocycles.